The monoisotopic (exact) mass is 325 g/mol. The van der Waals surface area contributed by atoms with Gasteiger partial charge in [-0.1, -0.05) is 0 Å². The summed E-state index contributed by atoms with van der Waals surface area (Å²) in [5.41, 5.74) is -0.490. The fourth-order valence-electron chi connectivity index (χ4n) is 2.82. The fraction of sp³-hybridized carbons (Fsp3) is 0.333. The van der Waals surface area contributed by atoms with Crippen molar-refractivity contribution in [1.29, 1.82) is 0 Å². The number of aromatic nitrogens is 2. The number of rotatable bonds is 2. The molecule has 0 unspecified atom stereocenters. The Morgan fingerprint density at radius 2 is 1.96 bits per heavy atom. The van der Waals surface area contributed by atoms with Crippen LogP contribution in [0.3, 0.4) is 0 Å². The van der Waals surface area contributed by atoms with Crippen molar-refractivity contribution < 1.29 is 22.4 Å². The molecule has 4 nitrogen and oxygen atoms in total. The van der Waals surface area contributed by atoms with E-state index in [2.05, 4.69) is 10.1 Å². The molecule has 1 aromatic heterocycles. The first-order chi connectivity index (χ1) is 10.9. The number of hydrogen-bond acceptors (Lipinski definition) is 3. The summed E-state index contributed by atoms with van der Waals surface area (Å²) in [6.07, 6.45) is -1.23. The Labute approximate surface area is 128 Å². The van der Waals surface area contributed by atoms with Gasteiger partial charge in [-0.25, -0.2) is 13.9 Å². The van der Waals surface area contributed by atoms with E-state index in [0.29, 0.717) is 18.5 Å². The number of benzene rings is 1. The average Bonchev–Trinajstić information content (AvgIpc) is 2.87. The minimum atomic E-state index is -4.58. The van der Waals surface area contributed by atoms with Crippen molar-refractivity contribution in [3.05, 3.63) is 41.0 Å². The van der Waals surface area contributed by atoms with Crippen LogP contribution in [0.5, 0.6) is 0 Å². The highest BCUT2D eigenvalue weighted by atomic mass is 19.4. The van der Waals surface area contributed by atoms with Gasteiger partial charge < -0.3 is 0 Å². The van der Waals surface area contributed by atoms with Crippen molar-refractivity contribution in [3.63, 3.8) is 0 Å². The topological polar surface area (TPSA) is 47.2 Å². The Morgan fingerprint density at radius 3 is 2.61 bits per heavy atom. The Kier molecular flexibility index (Phi) is 3.77. The lowest BCUT2D eigenvalue weighted by Crippen LogP contribution is -2.11. The first-order valence-electron chi connectivity index (χ1n) is 6.97. The molecule has 1 aliphatic carbocycles. The molecule has 0 bridgehead atoms. The quantitative estimate of drug-likeness (QED) is 0.478. The standard InChI is InChI=1S/C15H11F4N3O/c16-11-7-9(20-8-23)5-6-13(11)22-12-4-2-1-3-10(12)14(21-22)15(17,18)19/h5-7H,1-4H2. The molecule has 0 N–H and O–H groups in total. The van der Waals surface area contributed by atoms with Crippen LogP contribution in [0.1, 0.15) is 29.8 Å². The SMILES string of the molecule is O=C=Nc1ccc(-n2nc(C(F)(F)F)c3c2CCCC3)c(F)c1. The van der Waals surface area contributed by atoms with Gasteiger partial charge in [0.15, 0.2) is 11.5 Å². The van der Waals surface area contributed by atoms with Gasteiger partial charge in [0.25, 0.3) is 0 Å². The number of isocyanates is 1. The van der Waals surface area contributed by atoms with Gasteiger partial charge in [0.2, 0.25) is 6.08 Å². The van der Waals surface area contributed by atoms with Crippen LogP contribution in [-0.4, -0.2) is 15.9 Å². The van der Waals surface area contributed by atoms with Crippen LogP contribution in [0.4, 0.5) is 23.2 Å². The van der Waals surface area contributed by atoms with E-state index in [1.807, 2.05) is 0 Å². The summed E-state index contributed by atoms with van der Waals surface area (Å²) in [5, 5.41) is 3.61. The zero-order valence-corrected chi connectivity index (χ0v) is 11.8. The predicted molar refractivity (Wildman–Crippen MR) is 72.9 cm³/mol. The van der Waals surface area contributed by atoms with Gasteiger partial charge in [0.05, 0.1) is 5.69 Å². The lowest BCUT2D eigenvalue weighted by atomic mass is 9.95. The molecule has 120 valence electrons. The van der Waals surface area contributed by atoms with Crippen LogP contribution in [0.15, 0.2) is 23.2 Å². The largest absolute Gasteiger partial charge is 0.435 e. The molecule has 3 rings (SSSR count). The molecule has 1 aliphatic rings. The third-order valence-electron chi connectivity index (χ3n) is 3.78. The third-order valence-corrected chi connectivity index (χ3v) is 3.78. The number of halogens is 4. The molecule has 0 amide bonds. The Balaban J connectivity index is 2.17. The molecule has 8 heteroatoms. The number of aliphatic imine (C=N–C) groups is 1. The van der Waals surface area contributed by atoms with Crippen molar-refractivity contribution in [2.45, 2.75) is 31.9 Å². The summed E-state index contributed by atoms with van der Waals surface area (Å²) < 4.78 is 54.6. The van der Waals surface area contributed by atoms with Crippen molar-refractivity contribution in [2.24, 2.45) is 4.99 Å². The van der Waals surface area contributed by atoms with Gasteiger partial charge in [0.1, 0.15) is 5.69 Å². The van der Waals surface area contributed by atoms with E-state index in [0.717, 1.165) is 17.2 Å². The van der Waals surface area contributed by atoms with Gasteiger partial charge >= 0.3 is 6.18 Å². The summed E-state index contributed by atoms with van der Waals surface area (Å²) in [6, 6.07) is 3.55. The van der Waals surface area contributed by atoms with Crippen molar-refractivity contribution in [1.82, 2.24) is 9.78 Å². The normalized spacial score (nSPS) is 14.3. The molecule has 1 heterocycles. The van der Waals surface area contributed by atoms with E-state index in [-0.39, 0.29) is 23.4 Å². The zero-order valence-electron chi connectivity index (χ0n) is 11.8. The van der Waals surface area contributed by atoms with Crippen LogP contribution >= 0.6 is 0 Å². The summed E-state index contributed by atoms with van der Waals surface area (Å²) in [4.78, 5) is 13.5. The second-order valence-electron chi connectivity index (χ2n) is 5.23. The maximum Gasteiger partial charge on any atom is 0.435 e. The van der Waals surface area contributed by atoms with E-state index < -0.39 is 17.7 Å². The predicted octanol–water partition coefficient (Wildman–Crippen LogP) is 3.88. The van der Waals surface area contributed by atoms with Crippen molar-refractivity contribution >= 4 is 11.8 Å². The molecule has 0 atom stereocenters. The molecule has 1 aromatic carbocycles. The van der Waals surface area contributed by atoms with Gasteiger partial charge in [-0.2, -0.15) is 23.3 Å². The minimum Gasteiger partial charge on any atom is -0.234 e. The van der Waals surface area contributed by atoms with E-state index in [9.17, 15) is 22.4 Å². The van der Waals surface area contributed by atoms with Crippen LogP contribution < -0.4 is 0 Å². The molecule has 0 saturated heterocycles. The second kappa shape index (κ2) is 5.62. The maximum atomic E-state index is 14.2. The lowest BCUT2D eigenvalue weighted by Gasteiger charge is -2.15. The Hall–Kier alpha value is -2.47. The Morgan fingerprint density at radius 1 is 1.22 bits per heavy atom. The van der Waals surface area contributed by atoms with Crippen molar-refractivity contribution in [2.75, 3.05) is 0 Å². The number of alkyl halides is 3. The van der Waals surface area contributed by atoms with Crippen LogP contribution in [0, 0.1) is 5.82 Å². The van der Waals surface area contributed by atoms with E-state index >= 15 is 0 Å². The number of carbonyl (C=O) groups excluding carboxylic acids is 1. The highest BCUT2D eigenvalue weighted by Gasteiger charge is 2.39. The summed E-state index contributed by atoms with van der Waals surface area (Å²) in [7, 11) is 0. The second-order valence-corrected chi connectivity index (χ2v) is 5.23. The van der Waals surface area contributed by atoms with Gasteiger partial charge in [0, 0.05) is 17.3 Å². The molecule has 23 heavy (non-hydrogen) atoms. The Bertz CT molecular complexity index is 804. The minimum absolute atomic E-state index is 0.0401. The zero-order chi connectivity index (χ0) is 16.6. The smallest absolute Gasteiger partial charge is 0.234 e. The summed E-state index contributed by atoms with van der Waals surface area (Å²) in [5.74, 6) is -0.800. The van der Waals surface area contributed by atoms with Gasteiger partial charge in [-0.3, -0.25) is 0 Å². The average molecular weight is 325 g/mol. The van der Waals surface area contributed by atoms with Crippen LogP contribution in [0.25, 0.3) is 5.69 Å². The number of hydrogen-bond donors (Lipinski definition) is 0. The highest BCUT2D eigenvalue weighted by molar-refractivity contribution is 5.52. The first-order valence-corrected chi connectivity index (χ1v) is 6.97. The number of fused-ring (bicyclic) bond motifs is 1. The molecule has 0 fully saturated rings. The van der Waals surface area contributed by atoms with E-state index in [1.165, 1.54) is 18.2 Å². The summed E-state index contributed by atoms with van der Waals surface area (Å²) in [6.45, 7) is 0. The van der Waals surface area contributed by atoms with E-state index in [4.69, 9.17) is 0 Å². The van der Waals surface area contributed by atoms with E-state index in [1.54, 1.807) is 0 Å². The van der Waals surface area contributed by atoms with Gasteiger partial charge in [-0.15, -0.1) is 0 Å². The number of nitrogens with zero attached hydrogens (tertiary/aromatic N) is 3. The molecule has 0 saturated carbocycles. The van der Waals surface area contributed by atoms with Crippen molar-refractivity contribution in [3.8, 4) is 5.69 Å². The molecule has 0 aliphatic heterocycles. The molecule has 0 radical (unpaired) electrons. The van der Waals surface area contributed by atoms with Gasteiger partial charge in [-0.05, 0) is 37.8 Å². The van der Waals surface area contributed by atoms with Crippen LogP contribution in [0.2, 0.25) is 0 Å². The molecule has 0 spiro atoms. The van der Waals surface area contributed by atoms with Crippen LogP contribution in [-0.2, 0) is 23.8 Å². The summed E-state index contributed by atoms with van der Waals surface area (Å²) >= 11 is 0. The fourth-order valence-corrected chi connectivity index (χ4v) is 2.82. The highest BCUT2D eigenvalue weighted by Crippen LogP contribution is 2.37. The maximum absolute atomic E-state index is 14.2. The molecular formula is C15H11F4N3O. The first kappa shape index (κ1) is 15.4. The molecule has 2 aromatic rings. The molecular weight excluding hydrogens is 314 g/mol. The lowest BCUT2D eigenvalue weighted by molar-refractivity contribution is -0.142. The third kappa shape index (κ3) is 2.77.